The molecule has 1 aromatic carbocycles. The van der Waals surface area contributed by atoms with Gasteiger partial charge in [0.25, 0.3) is 0 Å². The first kappa shape index (κ1) is 10.6. The van der Waals surface area contributed by atoms with Crippen molar-refractivity contribution in [2.45, 2.75) is 19.8 Å². The van der Waals surface area contributed by atoms with Crippen LogP contribution in [0.5, 0.6) is 0 Å². The average molecular weight is 220 g/mol. The molecule has 0 saturated carbocycles. The highest BCUT2D eigenvalue weighted by Gasteiger charge is 2.01. The summed E-state index contributed by atoms with van der Waals surface area (Å²) in [6.45, 7) is 4.28. The monoisotopic (exact) mass is 220 g/mol. The molecule has 1 N–H and O–H groups in total. The molecule has 3 heteroatoms. The minimum absolute atomic E-state index is 1.06. The fourth-order valence-corrected chi connectivity index (χ4v) is 2.58. The molecule has 0 aliphatic rings. The van der Waals surface area contributed by atoms with Crippen molar-refractivity contribution in [1.29, 1.82) is 0 Å². The van der Waals surface area contributed by atoms with Gasteiger partial charge in [-0.1, -0.05) is 19.1 Å². The van der Waals surface area contributed by atoms with Gasteiger partial charge in [-0.3, -0.25) is 0 Å². The maximum absolute atomic E-state index is 4.60. The summed E-state index contributed by atoms with van der Waals surface area (Å²) in [5.74, 6) is 0. The van der Waals surface area contributed by atoms with E-state index in [9.17, 15) is 0 Å². The maximum atomic E-state index is 4.60. The van der Waals surface area contributed by atoms with Gasteiger partial charge in [0.1, 0.15) is 0 Å². The van der Waals surface area contributed by atoms with E-state index in [1.54, 1.807) is 0 Å². The second kappa shape index (κ2) is 5.24. The van der Waals surface area contributed by atoms with E-state index in [4.69, 9.17) is 0 Å². The number of para-hydroxylation sites is 1. The maximum Gasteiger partial charge on any atom is 0.0939 e. The van der Waals surface area contributed by atoms with Crippen molar-refractivity contribution in [3.8, 4) is 0 Å². The van der Waals surface area contributed by atoms with Crippen LogP contribution in [0.2, 0.25) is 0 Å². The summed E-state index contributed by atoms with van der Waals surface area (Å²) in [5.41, 5.74) is 1.14. The lowest BCUT2D eigenvalue weighted by Crippen LogP contribution is -2.14. The average Bonchev–Trinajstić information content (AvgIpc) is 2.67. The molecule has 0 unspecified atom stereocenters. The van der Waals surface area contributed by atoms with Crippen LogP contribution in [0.1, 0.15) is 18.4 Å². The third-order valence-electron chi connectivity index (χ3n) is 2.33. The molecule has 0 amide bonds. The first-order chi connectivity index (χ1) is 7.40. The fourth-order valence-electron chi connectivity index (χ4n) is 1.57. The number of hydrogen-bond donors (Lipinski definition) is 1. The number of aryl methyl sites for hydroxylation is 1. The summed E-state index contributed by atoms with van der Waals surface area (Å²) < 4.78 is 1.30. The number of nitrogens with one attached hydrogen (secondary N) is 1. The molecule has 0 radical (unpaired) electrons. The normalized spacial score (nSPS) is 11.0. The number of nitrogens with zero attached hydrogens (tertiary/aromatic N) is 1. The first-order valence-corrected chi connectivity index (χ1v) is 6.27. The quantitative estimate of drug-likeness (QED) is 0.784. The number of aromatic nitrogens is 1. The number of thiazole rings is 1. The minimum Gasteiger partial charge on any atom is -0.317 e. The van der Waals surface area contributed by atoms with Crippen molar-refractivity contribution in [1.82, 2.24) is 10.3 Å². The zero-order valence-corrected chi connectivity index (χ0v) is 9.81. The fraction of sp³-hybridized carbons (Fsp3) is 0.417. The van der Waals surface area contributed by atoms with E-state index >= 15 is 0 Å². The Hall–Kier alpha value is -0.930. The lowest BCUT2D eigenvalue weighted by molar-refractivity contribution is 0.672. The number of benzene rings is 1. The minimum atomic E-state index is 1.06. The van der Waals surface area contributed by atoms with Gasteiger partial charge in [-0.05, 0) is 31.6 Å². The first-order valence-electron chi connectivity index (χ1n) is 5.45. The smallest absolute Gasteiger partial charge is 0.0939 e. The van der Waals surface area contributed by atoms with Crippen molar-refractivity contribution >= 4 is 21.6 Å². The number of fused-ring (bicyclic) bond motifs is 1. The van der Waals surface area contributed by atoms with Crippen LogP contribution in [-0.4, -0.2) is 18.1 Å². The molecule has 1 heterocycles. The topological polar surface area (TPSA) is 24.9 Å². The predicted octanol–water partition coefficient (Wildman–Crippen LogP) is 2.84. The van der Waals surface area contributed by atoms with E-state index < -0.39 is 0 Å². The Bertz CT molecular complexity index is 389. The standard InChI is InChI=1S/C12H16N2S/c1-2-13-9-5-8-12-14-10-6-3-4-7-11(10)15-12/h3-4,6-7,13H,2,5,8-9H2,1H3. The Morgan fingerprint density at radius 3 is 3.00 bits per heavy atom. The van der Waals surface area contributed by atoms with Gasteiger partial charge >= 0.3 is 0 Å². The highest BCUT2D eigenvalue weighted by molar-refractivity contribution is 7.18. The van der Waals surface area contributed by atoms with Crippen molar-refractivity contribution in [2.24, 2.45) is 0 Å². The van der Waals surface area contributed by atoms with Crippen LogP contribution in [0.25, 0.3) is 10.2 Å². The molecular formula is C12H16N2S. The van der Waals surface area contributed by atoms with Crippen molar-refractivity contribution < 1.29 is 0 Å². The highest BCUT2D eigenvalue weighted by atomic mass is 32.1. The van der Waals surface area contributed by atoms with Crippen molar-refractivity contribution in [2.75, 3.05) is 13.1 Å². The molecule has 0 aliphatic carbocycles. The molecule has 2 nitrogen and oxygen atoms in total. The Balaban J connectivity index is 1.97. The zero-order chi connectivity index (χ0) is 10.5. The number of rotatable bonds is 5. The van der Waals surface area contributed by atoms with Crippen LogP contribution in [0.3, 0.4) is 0 Å². The molecule has 15 heavy (non-hydrogen) atoms. The molecular weight excluding hydrogens is 204 g/mol. The summed E-state index contributed by atoms with van der Waals surface area (Å²) in [6.07, 6.45) is 2.26. The second-order valence-corrected chi connectivity index (χ2v) is 4.65. The van der Waals surface area contributed by atoms with Crippen molar-refractivity contribution in [3.05, 3.63) is 29.3 Å². The molecule has 0 saturated heterocycles. The van der Waals surface area contributed by atoms with E-state index in [1.165, 1.54) is 16.1 Å². The third kappa shape index (κ3) is 2.76. The summed E-state index contributed by atoms with van der Waals surface area (Å²) in [4.78, 5) is 4.60. The molecule has 0 bridgehead atoms. The van der Waals surface area contributed by atoms with Crippen LogP contribution in [0.15, 0.2) is 24.3 Å². The molecule has 2 aromatic rings. The Labute approximate surface area is 94.3 Å². The summed E-state index contributed by atoms with van der Waals surface area (Å²) in [7, 11) is 0. The van der Waals surface area contributed by atoms with E-state index in [2.05, 4.69) is 35.4 Å². The van der Waals surface area contributed by atoms with Crippen LogP contribution >= 0.6 is 11.3 Å². The Morgan fingerprint density at radius 2 is 2.20 bits per heavy atom. The van der Waals surface area contributed by atoms with Crippen LogP contribution in [-0.2, 0) is 6.42 Å². The van der Waals surface area contributed by atoms with Gasteiger partial charge in [0.05, 0.1) is 15.2 Å². The molecule has 0 spiro atoms. The van der Waals surface area contributed by atoms with Gasteiger partial charge < -0.3 is 5.32 Å². The zero-order valence-electron chi connectivity index (χ0n) is 8.99. The molecule has 0 aliphatic heterocycles. The predicted molar refractivity (Wildman–Crippen MR) is 66.5 cm³/mol. The summed E-state index contributed by atoms with van der Waals surface area (Å²) >= 11 is 1.82. The molecule has 0 atom stereocenters. The van der Waals surface area contributed by atoms with E-state index in [0.29, 0.717) is 0 Å². The van der Waals surface area contributed by atoms with Gasteiger partial charge in [0, 0.05) is 6.42 Å². The lowest BCUT2D eigenvalue weighted by atomic mass is 10.3. The van der Waals surface area contributed by atoms with Gasteiger partial charge in [-0.15, -0.1) is 11.3 Å². The van der Waals surface area contributed by atoms with Crippen LogP contribution < -0.4 is 5.32 Å². The molecule has 1 aromatic heterocycles. The number of hydrogen-bond acceptors (Lipinski definition) is 3. The second-order valence-electron chi connectivity index (χ2n) is 3.53. The van der Waals surface area contributed by atoms with Crippen LogP contribution in [0.4, 0.5) is 0 Å². The van der Waals surface area contributed by atoms with Crippen LogP contribution in [0, 0.1) is 0 Å². The Kier molecular flexibility index (Phi) is 3.69. The summed E-state index contributed by atoms with van der Waals surface area (Å²) in [5, 5.41) is 4.59. The Morgan fingerprint density at radius 1 is 1.33 bits per heavy atom. The van der Waals surface area contributed by atoms with Gasteiger partial charge in [-0.25, -0.2) is 4.98 Å². The lowest BCUT2D eigenvalue weighted by Gasteiger charge is -1.98. The molecule has 2 rings (SSSR count). The largest absolute Gasteiger partial charge is 0.317 e. The SMILES string of the molecule is CCNCCCc1nc2ccccc2s1. The van der Waals surface area contributed by atoms with E-state index in [-0.39, 0.29) is 0 Å². The third-order valence-corrected chi connectivity index (χ3v) is 3.43. The van der Waals surface area contributed by atoms with Crippen molar-refractivity contribution in [3.63, 3.8) is 0 Å². The highest BCUT2D eigenvalue weighted by Crippen LogP contribution is 2.22. The van der Waals surface area contributed by atoms with Gasteiger partial charge in [-0.2, -0.15) is 0 Å². The van der Waals surface area contributed by atoms with E-state index in [1.807, 2.05) is 17.4 Å². The van der Waals surface area contributed by atoms with E-state index in [0.717, 1.165) is 25.0 Å². The summed E-state index contributed by atoms with van der Waals surface area (Å²) in [6, 6.07) is 8.34. The molecule has 0 fully saturated rings. The van der Waals surface area contributed by atoms with Gasteiger partial charge in [0.2, 0.25) is 0 Å². The van der Waals surface area contributed by atoms with Gasteiger partial charge in [0.15, 0.2) is 0 Å². The molecule has 80 valence electrons.